The molecule has 0 aliphatic rings. The van der Waals surface area contributed by atoms with Crippen molar-refractivity contribution in [3.05, 3.63) is 66.6 Å². The minimum atomic E-state index is -0.292. The Bertz CT molecular complexity index is 986. The van der Waals surface area contributed by atoms with Crippen LogP contribution in [0.5, 0.6) is 0 Å². The molecule has 0 fully saturated rings. The molecule has 29 heavy (non-hydrogen) atoms. The third-order valence-corrected chi connectivity index (χ3v) is 4.96. The predicted molar refractivity (Wildman–Crippen MR) is 108 cm³/mol. The third-order valence-electron chi connectivity index (χ3n) is 4.01. The fraction of sp³-hybridized carbons (Fsp3) is 0.211. The van der Waals surface area contributed by atoms with Crippen molar-refractivity contribution in [1.82, 2.24) is 25.5 Å². The van der Waals surface area contributed by atoms with Gasteiger partial charge in [0.05, 0.1) is 36.4 Å². The van der Waals surface area contributed by atoms with Crippen LogP contribution in [-0.4, -0.2) is 44.8 Å². The molecular weight excluding hydrogens is 392 g/mol. The van der Waals surface area contributed by atoms with E-state index >= 15 is 0 Å². The summed E-state index contributed by atoms with van der Waals surface area (Å²) in [5.74, 6) is 0.290. The van der Waals surface area contributed by atoms with E-state index in [0.717, 1.165) is 0 Å². The van der Waals surface area contributed by atoms with Gasteiger partial charge in [-0.25, -0.2) is 4.68 Å². The number of allylic oxidation sites excluding steroid dienone is 1. The van der Waals surface area contributed by atoms with Gasteiger partial charge in [-0.15, -0.1) is 11.7 Å². The van der Waals surface area contributed by atoms with Gasteiger partial charge >= 0.3 is 0 Å². The van der Waals surface area contributed by atoms with E-state index < -0.39 is 0 Å². The quantitative estimate of drug-likeness (QED) is 0.424. The van der Waals surface area contributed by atoms with Crippen molar-refractivity contribution in [2.75, 3.05) is 17.7 Å². The van der Waals surface area contributed by atoms with Crippen molar-refractivity contribution >= 4 is 29.3 Å². The zero-order valence-electron chi connectivity index (χ0n) is 15.8. The highest BCUT2D eigenvalue weighted by Crippen LogP contribution is 2.22. The Balaban J connectivity index is 1.65. The van der Waals surface area contributed by atoms with Crippen molar-refractivity contribution in [3.8, 4) is 0 Å². The monoisotopic (exact) mass is 412 g/mol. The van der Waals surface area contributed by atoms with Crippen LogP contribution in [0.4, 0.5) is 5.69 Å². The molecule has 10 heteroatoms. The molecule has 3 aromatic rings. The van der Waals surface area contributed by atoms with E-state index in [1.54, 1.807) is 60.5 Å². The Labute approximate surface area is 171 Å². The predicted octanol–water partition coefficient (Wildman–Crippen LogP) is 2.14. The number of benzene rings is 1. The van der Waals surface area contributed by atoms with Crippen molar-refractivity contribution < 1.29 is 14.0 Å². The minimum absolute atomic E-state index is 0.121. The molecule has 0 radical (unpaired) electrons. The molecule has 2 aromatic heterocycles. The normalized spacial score (nSPS) is 10.5. The van der Waals surface area contributed by atoms with Gasteiger partial charge in [-0.05, 0) is 34.7 Å². The van der Waals surface area contributed by atoms with Gasteiger partial charge in [0.15, 0.2) is 0 Å². The highest BCUT2D eigenvalue weighted by atomic mass is 32.2. The number of nitrogens with zero attached hydrogens (tertiary/aromatic N) is 5. The molecule has 0 saturated carbocycles. The number of rotatable bonds is 9. The number of furan rings is 1. The number of hydrogen-bond acceptors (Lipinski definition) is 7. The van der Waals surface area contributed by atoms with Crippen LogP contribution in [-0.2, 0) is 17.9 Å². The van der Waals surface area contributed by atoms with Gasteiger partial charge in [-0.3, -0.25) is 9.59 Å². The maximum Gasteiger partial charge on any atom is 0.253 e. The first-order chi connectivity index (χ1) is 14.1. The molecule has 150 valence electrons. The molecule has 0 saturated heterocycles. The number of carbonyl (C=O) groups is 2. The second kappa shape index (κ2) is 9.69. The number of amides is 2. The zero-order valence-corrected chi connectivity index (χ0v) is 16.6. The number of aromatic nitrogens is 4. The number of thioether (sulfide) groups is 1. The molecule has 0 spiro atoms. The van der Waals surface area contributed by atoms with Crippen LogP contribution in [0, 0.1) is 0 Å². The van der Waals surface area contributed by atoms with Gasteiger partial charge < -0.3 is 14.6 Å². The lowest BCUT2D eigenvalue weighted by molar-refractivity contribution is -0.115. The lowest BCUT2D eigenvalue weighted by atomic mass is 10.1. The van der Waals surface area contributed by atoms with E-state index in [1.807, 2.05) is 0 Å². The summed E-state index contributed by atoms with van der Waals surface area (Å²) >= 11 is 1.22. The number of para-hydroxylation sites is 1. The molecule has 0 aliphatic heterocycles. The molecule has 0 bridgehead atoms. The summed E-state index contributed by atoms with van der Waals surface area (Å²) in [6, 6.07) is 10.5. The Hall–Kier alpha value is -3.40. The molecule has 1 aromatic carbocycles. The molecule has 0 aliphatic carbocycles. The summed E-state index contributed by atoms with van der Waals surface area (Å²) in [5, 5.41) is 14.7. The molecule has 1 N–H and O–H groups in total. The molecule has 9 nitrogen and oxygen atoms in total. The molecular formula is C19H20N6O3S. The van der Waals surface area contributed by atoms with Crippen LogP contribution in [0.1, 0.15) is 16.1 Å². The summed E-state index contributed by atoms with van der Waals surface area (Å²) in [4.78, 5) is 26.8. The fourth-order valence-electron chi connectivity index (χ4n) is 2.53. The van der Waals surface area contributed by atoms with Crippen molar-refractivity contribution in [1.29, 1.82) is 0 Å². The van der Waals surface area contributed by atoms with E-state index in [-0.39, 0.29) is 24.1 Å². The number of carbonyl (C=O) groups excluding carboxylic acids is 2. The Morgan fingerprint density at radius 2 is 2.14 bits per heavy atom. The lowest BCUT2D eigenvalue weighted by Gasteiger charge is -2.20. The molecule has 0 unspecified atom stereocenters. The number of anilines is 1. The maximum atomic E-state index is 12.7. The minimum Gasteiger partial charge on any atom is -0.467 e. The summed E-state index contributed by atoms with van der Waals surface area (Å²) in [6.45, 7) is 4.37. The smallest absolute Gasteiger partial charge is 0.253 e. The maximum absolute atomic E-state index is 12.7. The Morgan fingerprint density at radius 3 is 2.90 bits per heavy atom. The van der Waals surface area contributed by atoms with Gasteiger partial charge in [-0.2, -0.15) is 0 Å². The Morgan fingerprint density at radius 1 is 1.31 bits per heavy atom. The second-order valence-electron chi connectivity index (χ2n) is 5.95. The third kappa shape index (κ3) is 5.11. The van der Waals surface area contributed by atoms with E-state index in [1.165, 1.54) is 16.7 Å². The van der Waals surface area contributed by atoms with Crippen LogP contribution in [0.15, 0.2) is 64.9 Å². The zero-order chi connectivity index (χ0) is 20.6. The van der Waals surface area contributed by atoms with Crippen LogP contribution in [0.2, 0.25) is 0 Å². The van der Waals surface area contributed by atoms with Crippen molar-refractivity contribution in [2.45, 2.75) is 18.2 Å². The largest absolute Gasteiger partial charge is 0.467 e. The van der Waals surface area contributed by atoms with Gasteiger partial charge in [0.25, 0.3) is 5.91 Å². The molecule has 3 rings (SSSR count). The van der Waals surface area contributed by atoms with E-state index in [2.05, 4.69) is 27.4 Å². The van der Waals surface area contributed by atoms with Crippen LogP contribution in [0.3, 0.4) is 0 Å². The first-order valence-corrected chi connectivity index (χ1v) is 9.74. The molecule has 0 atom stereocenters. The number of nitrogens with one attached hydrogen (secondary N) is 1. The molecule has 2 heterocycles. The number of hydrogen-bond donors (Lipinski definition) is 1. The van der Waals surface area contributed by atoms with Gasteiger partial charge in [0.1, 0.15) is 5.76 Å². The first kappa shape index (κ1) is 20.3. The molecule has 2 amide bonds. The first-order valence-electron chi connectivity index (χ1n) is 8.76. The highest BCUT2D eigenvalue weighted by Gasteiger charge is 2.19. The van der Waals surface area contributed by atoms with Gasteiger partial charge in [0, 0.05) is 7.05 Å². The van der Waals surface area contributed by atoms with Crippen LogP contribution < -0.4 is 10.2 Å². The fourth-order valence-corrected chi connectivity index (χ4v) is 3.33. The van der Waals surface area contributed by atoms with Gasteiger partial charge in [0.2, 0.25) is 11.1 Å². The summed E-state index contributed by atoms with van der Waals surface area (Å²) in [5.41, 5.74) is 0.914. The second-order valence-corrected chi connectivity index (χ2v) is 6.90. The van der Waals surface area contributed by atoms with E-state index in [0.29, 0.717) is 28.7 Å². The standard InChI is InChI=1S/C19H20N6O3S/c1-3-10-25-19(21-22-23-25)29-13-17(26)24(2)16-9-5-4-8-15(16)18(27)20-12-14-7-6-11-28-14/h3-9,11H,1,10,12-13H2,2H3,(H,20,27). The Kier molecular flexibility index (Phi) is 6.80. The van der Waals surface area contributed by atoms with E-state index in [4.69, 9.17) is 4.42 Å². The average Bonchev–Trinajstić information content (AvgIpc) is 3.42. The summed E-state index contributed by atoms with van der Waals surface area (Å²) in [7, 11) is 1.63. The van der Waals surface area contributed by atoms with Crippen LogP contribution in [0.25, 0.3) is 0 Å². The lowest BCUT2D eigenvalue weighted by Crippen LogP contribution is -2.31. The summed E-state index contributed by atoms with van der Waals surface area (Å²) < 4.78 is 6.78. The SMILES string of the molecule is C=CCn1nnnc1SCC(=O)N(C)c1ccccc1C(=O)NCc1ccco1. The van der Waals surface area contributed by atoms with E-state index in [9.17, 15) is 9.59 Å². The number of tetrazole rings is 1. The van der Waals surface area contributed by atoms with Gasteiger partial charge in [-0.1, -0.05) is 30.0 Å². The van der Waals surface area contributed by atoms with Crippen molar-refractivity contribution in [2.24, 2.45) is 0 Å². The average molecular weight is 412 g/mol. The highest BCUT2D eigenvalue weighted by molar-refractivity contribution is 7.99. The van der Waals surface area contributed by atoms with Crippen molar-refractivity contribution in [3.63, 3.8) is 0 Å². The van der Waals surface area contributed by atoms with Crippen LogP contribution >= 0.6 is 11.8 Å². The summed E-state index contributed by atoms with van der Waals surface area (Å²) in [6.07, 6.45) is 3.22. The topological polar surface area (TPSA) is 106 Å².